The minimum Gasteiger partial charge on any atom is -0.378 e. The standard InChI is InChI=1S/C25H29N5O2S/c1-19-9-11-21(12-10-19)30-24(29-13-5-6-14-29)26-27-25(30)33-22(20-7-3-2-4-8-20)23(31)28-15-17-32-18-16-28/h2-4,7-12,22H,5-6,13-18H2,1H3/t22-/m0/s1. The van der Waals surface area contributed by atoms with Crippen LogP contribution in [0.5, 0.6) is 0 Å². The van der Waals surface area contributed by atoms with Crippen molar-refractivity contribution in [3.05, 3.63) is 65.7 Å². The molecule has 0 unspecified atom stereocenters. The Balaban J connectivity index is 1.53. The number of morpholine rings is 1. The lowest BCUT2D eigenvalue weighted by Gasteiger charge is -2.30. The number of amides is 1. The lowest BCUT2D eigenvalue weighted by molar-refractivity contribution is -0.134. The normalized spacial score (nSPS) is 17.4. The van der Waals surface area contributed by atoms with Gasteiger partial charge in [-0.2, -0.15) is 0 Å². The van der Waals surface area contributed by atoms with E-state index in [4.69, 9.17) is 4.74 Å². The molecule has 33 heavy (non-hydrogen) atoms. The van der Waals surface area contributed by atoms with Gasteiger partial charge in [0.15, 0.2) is 5.16 Å². The molecule has 2 aliphatic heterocycles. The van der Waals surface area contributed by atoms with Gasteiger partial charge in [0.05, 0.1) is 18.9 Å². The number of ether oxygens (including phenoxy) is 1. The summed E-state index contributed by atoms with van der Waals surface area (Å²) in [5.41, 5.74) is 3.19. The quantitative estimate of drug-likeness (QED) is 0.517. The topological polar surface area (TPSA) is 63.5 Å². The van der Waals surface area contributed by atoms with Crippen LogP contribution in [0.15, 0.2) is 59.8 Å². The first-order valence-electron chi connectivity index (χ1n) is 11.6. The second-order valence-corrected chi connectivity index (χ2v) is 9.57. The van der Waals surface area contributed by atoms with Gasteiger partial charge in [-0.3, -0.25) is 9.36 Å². The first-order chi connectivity index (χ1) is 16.2. The Hall–Kier alpha value is -2.84. The average molecular weight is 464 g/mol. The number of benzene rings is 2. The predicted octanol–water partition coefficient (Wildman–Crippen LogP) is 3.87. The van der Waals surface area contributed by atoms with Gasteiger partial charge in [0.25, 0.3) is 0 Å². The number of anilines is 1. The van der Waals surface area contributed by atoms with Crippen LogP contribution in [0, 0.1) is 6.92 Å². The molecule has 0 spiro atoms. The van der Waals surface area contributed by atoms with Gasteiger partial charge in [0.2, 0.25) is 11.9 Å². The number of hydrogen-bond donors (Lipinski definition) is 0. The molecule has 0 aliphatic carbocycles. The molecule has 2 aliphatic rings. The molecule has 0 N–H and O–H groups in total. The van der Waals surface area contributed by atoms with Crippen LogP contribution in [0.4, 0.5) is 5.95 Å². The summed E-state index contributed by atoms with van der Waals surface area (Å²) in [4.78, 5) is 17.8. The van der Waals surface area contributed by atoms with E-state index in [9.17, 15) is 4.79 Å². The van der Waals surface area contributed by atoms with Gasteiger partial charge in [0, 0.05) is 26.2 Å². The number of carbonyl (C=O) groups is 1. The van der Waals surface area contributed by atoms with Crippen molar-refractivity contribution in [2.75, 3.05) is 44.3 Å². The van der Waals surface area contributed by atoms with Crippen LogP contribution < -0.4 is 4.90 Å². The summed E-state index contributed by atoms with van der Waals surface area (Å²) in [6.45, 7) is 6.43. The third-order valence-electron chi connectivity index (χ3n) is 6.17. The van der Waals surface area contributed by atoms with Crippen LogP contribution in [0.1, 0.15) is 29.2 Å². The maximum Gasteiger partial charge on any atom is 0.240 e. The highest BCUT2D eigenvalue weighted by atomic mass is 32.2. The van der Waals surface area contributed by atoms with Crippen LogP contribution in [-0.2, 0) is 9.53 Å². The smallest absolute Gasteiger partial charge is 0.240 e. The van der Waals surface area contributed by atoms with E-state index in [0.29, 0.717) is 26.3 Å². The van der Waals surface area contributed by atoms with Crippen LogP contribution in [-0.4, -0.2) is 65.0 Å². The molecule has 3 aromatic rings. The highest BCUT2D eigenvalue weighted by Gasteiger charge is 2.31. The summed E-state index contributed by atoms with van der Waals surface area (Å²) < 4.78 is 7.58. The van der Waals surface area contributed by atoms with Crippen molar-refractivity contribution in [1.82, 2.24) is 19.7 Å². The Morgan fingerprint density at radius 3 is 2.33 bits per heavy atom. The van der Waals surface area contributed by atoms with E-state index in [1.54, 1.807) is 0 Å². The molecule has 1 atom stereocenters. The molecule has 5 rings (SSSR count). The van der Waals surface area contributed by atoms with Gasteiger partial charge in [-0.1, -0.05) is 59.8 Å². The number of rotatable bonds is 6. The largest absolute Gasteiger partial charge is 0.378 e. The summed E-state index contributed by atoms with van der Waals surface area (Å²) in [6.07, 6.45) is 2.32. The number of nitrogens with zero attached hydrogens (tertiary/aromatic N) is 5. The molecule has 1 aromatic heterocycles. The molecule has 0 bridgehead atoms. The van der Waals surface area contributed by atoms with E-state index in [0.717, 1.165) is 48.3 Å². The Labute approximate surface area is 198 Å². The highest BCUT2D eigenvalue weighted by molar-refractivity contribution is 8.00. The molecule has 2 aromatic carbocycles. The minimum atomic E-state index is -0.399. The van der Waals surface area contributed by atoms with Crippen molar-refractivity contribution in [3.8, 4) is 5.69 Å². The predicted molar refractivity (Wildman–Crippen MR) is 130 cm³/mol. The van der Waals surface area contributed by atoms with E-state index in [1.165, 1.54) is 17.3 Å². The zero-order valence-corrected chi connectivity index (χ0v) is 19.7. The van der Waals surface area contributed by atoms with Gasteiger partial charge < -0.3 is 14.5 Å². The molecule has 172 valence electrons. The van der Waals surface area contributed by atoms with Crippen molar-refractivity contribution >= 4 is 23.6 Å². The molecular weight excluding hydrogens is 434 g/mol. The van der Waals surface area contributed by atoms with Gasteiger partial charge >= 0.3 is 0 Å². The van der Waals surface area contributed by atoms with E-state index < -0.39 is 5.25 Å². The van der Waals surface area contributed by atoms with Gasteiger partial charge in [-0.25, -0.2) is 0 Å². The van der Waals surface area contributed by atoms with Gasteiger partial charge in [-0.15, -0.1) is 10.2 Å². The number of carbonyl (C=O) groups excluding carboxylic acids is 1. The summed E-state index contributed by atoms with van der Waals surface area (Å²) in [6, 6.07) is 18.4. The fourth-order valence-corrected chi connectivity index (χ4v) is 5.46. The van der Waals surface area contributed by atoms with Crippen molar-refractivity contribution in [3.63, 3.8) is 0 Å². The fourth-order valence-electron chi connectivity index (χ4n) is 4.32. The molecule has 0 saturated carbocycles. The third kappa shape index (κ3) is 4.77. The van der Waals surface area contributed by atoms with Crippen molar-refractivity contribution < 1.29 is 9.53 Å². The van der Waals surface area contributed by atoms with E-state index in [-0.39, 0.29) is 5.91 Å². The summed E-state index contributed by atoms with van der Waals surface area (Å²) in [7, 11) is 0. The maximum absolute atomic E-state index is 13.6. The average Bonchev–Trinajstić information content (AvgIpc) is 3.54. The Morgan fingerprint density at radius 1 is 0.939 bits per heavy atom. The molecule has 1 amide bonds. The van der Waals surface area contributed by atoms with Crippen molar-refractivity contribution in [2.45, 2.75) is 30.2 Å². The number of aromatic nitrogens is 3. The van der Waals surface area contributed by atoms with Gasteiger partial charge in [-0.05, 0) is 37.5 Å². The van der Waals surface area contributed by atoms with Crippen LogP contribution in [0.2, 0.25) is 0 Å². The summed E-state index contributed by atoms with van der Waals surface area (Å²) in [5.74, 6) is 0.945. The van der Waals surface area contributed by atoms with Gasteiger partial charge in [0.1, 0.15) is 5.25 Å². The molecule has 8 heteroatoms. The summed E-state index contributed by atoms with van der Waals surface area (Å²) in [5, 5.41) is 9.51. The molecule has 7 nitrogen and oxygen atoms in total. The van der Waals surface area contributed by atoms with E-state index >= 15 is 0 Å². The van der Waals surface area contributed by atoms with Crippen molar-refractivity contribution in [2.24, 2.45) is 0 Å². The SMILES string of the molecule is Cc1ccc(-n2c(S[C@H](C(=O)N3CCOCC3)c3ccccc3)nnc2N2CCCC2)cc1. The zero-order chi connectivity index (χ0) is 22.6. The summed E-state index contributed by atoms with van der Waals surface area (Å²) >= 11 is 1.48. The lowest BCUT2D eigenvalue weighted by Crippen LogP contribution is -2.42. The second kappa shape index (κ2) is 9.97. The Kier molecular flexibility index (Phi) is 6.64. The number of hydrogen-bond acceptors (Lipinski definition) is 6. The fraction of sp³-hybridized carbons (Fsp3) is 0.400. The van der Waals surface area contributed by atoms with E-state index in [1.807, 2.05) is 35.2 Å². The van der Waals surface area contributed by atoms with Crippen LogP contribution in [0.25, 0.3) is 5.69 Å². The minimum absolute atomic E-state index is 0.0932. The molecule has 0 radical (unpaired) electrons. The number of thioether (sulfide) groups is 1. The third-order valence-corrected chi connectivity index (χ3v) is 7.35. The molecule has 3 heterocycles. The monoisotopic (exact) mass is 463 g/mol. The first-order valence-corrected chi connectivity index (χ1v) is 12.4. The van der Waals surface area contributed by atoms with Crippen molar-refractivity contribution in [1.29, 1.82) is 0 Å². The maximum atomic E-state index is 13.6. The zero-order valence-electron chi connectivity index (χ0n) is 18.9. The highest BCUT2D eigenvalue weighted by Crippen LogP contribution is 2.39. The molecule has 2 saturated heterocycles. The molecular formula is C25H29N5O2S. The Morgan fingerprint density at radius 2 is 1.64 bits per heavy atom. The molecule has 2 fully saturated rings. The Bertz CT molecular complexity index is 1070. The lowest BCUT2D eigenvalue weighted by atomic mass is 10.1. The van der Waals surface area contributed by atoms with E-state index in [2.05, 4.69) is 50.9 Å². The second-order valence-electron chi connectivity index (χ2n) is 8.49. The van der Waals surface area contributed by atoms with Crippen LogP contribution in [0.3, 0.4) is 0 Å². The first kappa shape index (κ1) is 22.0. The number of aryl methyl sites for hydroxylation is 1. The van der Waals surface area contributed by atoms with Crippen LogP contribution >= 0.6 is 11.8 Å².